The maximum Gasteiger partial charge on any atom is 0.246 e. The molecule has 0 spiro atoms. The lowest BCUT2D eigenvalue weighted by Gasteiger charge is -2.23. The maximum absolute atomic E-state index is 12.7. The predicted molar refractivity (Wildman–Crippen MR) is 95.5 cm³/mol. The lowest BCUT2D eigenvalue weighted by Crippen LogP contribution is -2.32. The molecule has 0 aliphatic rings. The molecule has 2 N–H and O–H groups in total. The highest BCUT2D eigenvalue weighted by Gasteiger charge is 2.22. The summed E-state index contributed by atoms with van der Waals surface area (Å²) >= 11 is 0. The second kappa shape index (κ2) is 7.10. The fourth-order valence-electron chi connectivity index (χ4n) is 2.66. The van der Waals surface area contributed by atoms with Crippen LogP contribution in [0.3, 0.4) is 0 Å². The molecule has 0 saturated heterocycles. The van der Waals surface area contributed by atoms with E-state index in [1.807, 2.05) is 73.6 Å². The molecule has 122 valence electrons. The summed E-state index contributed by atoms with van der Waals surface area (Å²) in [6, 6.07) is 17.0. The summed E-state index contributed by atoms with van der Waals surface area (Å²) in [5.41, 5.74) is 2.70. The fraction of sp³-hybridized carbons (Fsp3) is 0.158. The zero-order valence-electron chi connectivity index (χ0n) is 13.7. The van der Waals surface area contributed by atoms with Crippen molar-refractivity contribution in [1.82, 2.24) is 14.9 Å². The molecule has 5 heteroatoms. The molecule has 1 heterocycles. The predicted octanol–water partition coefficient (Wildman–Crippen LogP) is 3.32. The lowest BCUT2D eigenvalue weighted by molar-refractivity contribution is -0.120. The number of rotatable bonds is 5. The molecule has 0 aliphatic carbocycles. The quantitative estimate of drug-likeness (QED) is 0.758. The van der Waals surface area contributed by atoms with Crippen LogP contribution >= 0.6 is 0 Å². The lowest BCUT2D eigenvalue weighted by atomic mass is 10.1. The standard InChI is InChI=1S/C19H20N4O/c1-23(2)17(14-6-4-3-5-7-14)19(24)22-16-10-8-15(9-11-16)18-20-12-13-21-18/h3-13,17H,1-2H3,(H,20,21)(H,22,24). The van der Waals surface area contributed by atoms with Gasteiger partial charge in [-0.1, -0.05) is 30.3 Å². The minimum Gasteiger partial charge on any atom is -0.345 e. The molecule has 2 aromatic carbocycles. The summed E-state index contributed by atoms with van der Waals surface area (Å²) in [5, 5.41) is 2.98. The molecule has 1 aromatic heterocycles. The van der Waals surface area contributed by atoms with Crippen molar-refractivity contribution in [1.29, 1.82) is 0 Å². The van der Waals surface area contributed by atoms with Crippen molar-refractivity contribution in [2.24, 2.45) is 0 Å². The Hall–Kier alpha value is -2.92. The average molecular weight is 320 g/mol. The van der Waals surface area contributed by atoms with Crippen LogP contribution in [0.5, 0.6) is 0 Å². The van der Waals surface area contributed by atoms with Gasteiger partial charge in [-0.05, 0) is 43.9 Å². The van der Waals surface area contributed by atoms with Crippen molar-refractivity contribution in [3.63, 3.8) is 0 Å². The molecule has 1 amide bonds. The van der Waals surface area contributed by atoms with Gasteiger partial charge in [-0.15, -0.1) is 0 Å². The molecule has 1 atom stereocenters. The molecule has 3 rings (SSSR count). The normalized spacial score (nSPS) is 12.1. The van der Waals surface area contributed by atoms with Crippen LogP contribution in [-0.4, -0.2) is 34.9 Å². The summed E-state index contributed by atoms with van der Waals surface area (Å²) in [4.78, 5) is 21.9. The van der Waals surface area contributed by atoms with E-state index in [1.165, 1.54) is 0 Å². The highest BCUT2D eigenvalue weighted by molar-refractivity contribution is 5.95. The Morgan fingerprint density at radius 3 is 2.38 bits per heavy atom. The zero-order chi connectivity index (χ0) is 16.9. The first kappa shape index (κ1) is 16.0. The first-order valence-electron chi connectivity index (χ1n) is 7.77. The van der Waals surface area contributed by atoms with Crippen LogP contribution in [-0.2, 0) is 4.79 Å². The molecule has 0 fully saturated rings. The number of imidazole rings is 1. The van der Waals surface area contributed by atoms with Crippen LogP contribution < -0.4 is 5.32 Å². The van der Waals surface area contributed by atoms with E-state index in [9.17, 15) is 4.79 Å². The smallest absolute Gasteiger partial charge is 0.246 e. The number of anilines is 1. The summed E-state index contributed by atoms with van der Waals surface area (Å²) in [7, 11) is 3.80. The largest absolute Gasteiger partial charge is 0.345 e. The maximum atomic E-state index is 12.7. The molecule has 0 saturated carbocycles. The van der Waals surface area contributed by atoms with Gasteiger partial charge in [0, 0.05) is 23.6 Å². The van der Waals surface area contributed by atoms with E-state index in [-0.39, 0.29) is 11.9 Å². The Morgan fingerprint density at radius 1 is 1.08 bits per heavy atom. The summed E-state index contributed by atoms with van der Waals surface area (Å²) < 4.78 is 0. The van der Waals surface area contributed by atoms with E-state index in [0.29, 0.717) is 0 Å². The molecular weight excluding hydrogens is 300 g/mol. The van der Waals surface area contributed by atoms with Gasteiger partial charge in [0.25, 0.3) is 0 Å². The number of nitrogens with one attached hydrogen (secondary N) is 2. The monoisotopic (exact) mass is 320 g/mol. The second-order valence-corrected chi connectivity index (χ2v) is 5.78. The number of hydrogen-bond donors (Lipinski definition) is 2. The van der Waals surface area contributed by atoms with Crippen LogP contribution in [0.25, 0.3) is 11.4 Å². The minimum atomic E-state index is -0.337. The van der Waals surface area contributed by atoms with Crippen molar-refractivity contribution < 1.29 is 4.79 Å². The van der Waals surface area contributed by atoms with E-state index < -0.39 is 0 Å². The molecule has 24 heavy (non-hydrogen) atoms. The number of nitrogens with zero attached hydrogens (tertiary/aromatic N) is 2. The third-order valence-electron chi connectivity index (χ3n) is 3.80. The van der Waals surface area contributed by atoms with Crippen molar-refractivity contribution in [3.8, 4) is 11.4 Å². The molecule has 0 radical (unpaired) electrons. The van der Waals surface area contributed by atoms with Crippen LogP contribution in [0.4, 0.5) is 5.69 Å². The summed E-state index contributed by atoms with van der Waals surface area (Å²) in [6.45, 7) is 0. The van der Waals surface area contributed by atoms with E-state index in [4.69, 9.17) is 0 Å². The number of likely N-dealkylation sites (N-methyl/N-ethyl adjacent to an activating group) is 1. The Bertz CT molecular complexity index is 780. The SMILES string of the molecule is CN(C)C(C(=O)Nc1ccc(-c2ncc[nH]2)cc1)c1ccccc1. The topological polar surface area (TPSA) is 61.0 Å². The van der Waals surface area contributed by atoms with Gasteiger partial charge in [0.1, 0.15) is 11.9 Å². The minimum absolute atomic E-state index is 0.0584. The Morgan fingerprint density at radius 2 is 1.79 bits per heavy atom. The van der Waals surface area contributed by atoms with Gasteiger partial charge in [-0.3, -0.25) is 9.69 Å². The van der Waals surface area contributed by atoms with Crippen LogP contribution in [0.1, 0.15) is 11.6 Å². The number of benzene rings is 2. The van der Waals surface area contributed by atoms with Crippen LogP contribution in [0.2, 0.25) is 0 Å². The van der Waals surface area contributed by atoms with Gasteiger partial charge in [0.2, 0.25) is 5.91 Å². The highest BCUT2D eigenvalue weighted by Crippen LogP contribution is 2.22. The molecule has 0 aliphatic heterocycles. The van der Waals surface area contributed by atoms with Crippen LogP contribution in [0.15, 0.2) is 67.0 Å². The number of aromatic amines is 1. The number of hydrogen-bond acceptors (Lipinski definition) is 3. The van der Waals surface area contributed by atoms with Crippen molar-refractivity contribution in [3.05, 3.63) is 72.6 Å². The second-order valence-electron chi connectivity index (χ2n) is 5.78. The highest BCUT2D eigenvalue weighted by atomic mass is 16.2. The van der Waals surface area contributed by atoms with Crippen molar-refractivity contribution in [2.75, 3.05) is 19.4 Å². The first-order chi connectivity index (χ1) is 11.6. The molecule has 1 unspecified atom stereocenters. The Kier molecular flexibility index (Phi) is 4.72. The number of aromatic nitrogens is 2. The van der Waals surface area contributed by atoms with Gasteiger partial charge < -0.3 is 10.3 Å². The van der Waals surface area contributed by atoms with Gasteiger partial charge >= 0.3 is 0 Å². The van der Waals surface area contributed by atoms with E-state index in [0.717, 1.165) is 22.6 Å². The third-order valence-corrected chi connectivity index (χ3v) is 3.80. The first-order valence-corrected chi connectivity index (χ1v) is 7.77. The van der Waals surface area contributed by atoms with Gasteiger partial charge in [0.15, 0.2) is 0 Å². The summed E-state index contributed by atoms with van der Waals surface area (Å²) in [5.74, 6) is 0.750. The van der Waals surface area contributed by atoms with Gasteiger partial charge in [0.05, 0.1) is 0 Å². The third kappa shape index (κ3) is 3.52. The number of carbonyl (C=O) groups excluding carboxylic acids is 1. The molecular formula is C19H20N4O. The number of carbonyl (C=O) groups is 1. The fourth-order valence-corrected chi connectivity index (χ4v) is 2.66. The number of H-pyrrole nitrogens is 1. The van der Waals surface area contributed by atoms with Crippen LogP contribution in [0, 0.1) is 0 Å². The van der Waals surface area contributed by atoms with Crippen molar-refractivity contribution >= 4 is 11.6 Å². The van der Waals surface area contributed by atoms with Gasteiger partial charge in [-0.25, -0.2) is 4.98 Å². The summed E-state index contributed by atoms with van der Waals surface area (Å²) in [6.07, 6.45) is 3.50. The van der Waals surface area contributed by atoms with E-state index >= 15 is 0 Å². The Balaban J connectivity index is 1.75. The molecule has 0 bridgehead atoms. The van der Waals surface area contributed by atoms with E-state index in [2.05, 4.69) is 15.3 Å². The zero-order valence-corrected chi connectivity index (χ0v) is 13.7. The van der Waals surface area contributed by atoms with Crippen molar-refractivity contribution in [2.45, 2.75) is 6.04 Å². The van der Waals surface area contributed by atoms with Gasteiger partial charge in [-0.2, -0.15) is 0 Å². The Labute approximate surface area is 141 Å². The number of amides is 1. The molecule has 3 aromatic rings. The van der Waals surface area contributed by atoms with E-state index in [1.54, 1.807) is 12.4 Å². The average Bonchev–Trinajstić information content (AvgIpc) is 3.11. The molecule has 5 nitrogen and oxygen atoms in total.